The van der Waals surface area contributed by atoms with E-state index in [1.165, 1.54) is 12.4 Å². The van der Waals surface area contributed by atoms with E-state index in [4.69, 9.17) is 9.84 Å². The van der Waals surface area contributed by atoms with Gasteiger partial charge >= 0.3 is 6.09 Å². The predicted molar refractivity (Wildman–Crippen MR) is 61.0 cm³/mol. The third-order valence-corrected chi connectivity index (χ3v) is 1.73. The lowest BCUT2D eigenvalue weighted by Gasteiger charge is -2.19. The van der Waals surface area contributed by atoms with Crippen LogP contribution in [0.5, 0.6) is 0 Å². The van der Waals surface area contributed by atoms with E-state index >= 15 is 0 Å². The Kier molecular flexibility index (Phi) is 4.39. The van der Waals surface area contributed by atoms with Gasteiger partial charge in [0.05, 0.1) is 13.2 Å². The molecular weight excluding hydrogens is 222 g/mol. The van der Waals surface area contributed by atoms with E-state index in [0.29, 0.717) is 11.4 Å². The molecular formula is C11H17N3O3. The highest BCUT2D eigenvalue weighted by Crippen LogP contribution is 2.06. The number of amides is 1. The van der Waals surface area contributed by atoms with Gasteiger partial charge in [0.1, 0.15) is 11.4 Å². The lowest BCUT2D eigenvalue weighted by molar-refractivity contribution is 0.0522. The minimum Gasteiger partial charge on any atom is -0.444 e. The molecule has 1 rings (SSSR count). The van der Waals surface area contributed by atoms with Gasteiger partial charge in [-0.1, -0.05) is 0 Å². The fourth-order valence-electron chi connectivity index (χ4n) is 1.02. The zero-order valence-corrected chi connectivity index (χ0v) is 10.2. The second-order valence-corrected chi connectivity index (χ2v) is 4.52. The lowest BCUT2D eigenvalue weighted by atomic mass is 10.2. The van der Waals surface area contributed by atoms with Gasteiger partial charge in [0.15, 0.2) is 0 Å². The second kappa shape index (κ2) is 5.58. The molecule has 0 aliphatic rings. The van der Waals surface area contributed by atoms with Crippen molar-refractivity contribution in [2.24, 2.45) is 0 Å². The highest BCUT2D eigenvalue weighted by Gasteiger charge is 2.15. The Hall–Kier alpha value is -1.69. The molecule has 0 atom stereocenters. The number of hydrogen-bond acceptors (Lipinski definition) is 5. The van der Waals surface area contributed by atoms with Crippen LogP contribution in [0.2, 0.25) is 0 Å². The summed E-state index contributed by atoms with van der Waals surface area (Å²) in [6.45, 7) is 5.47. The zero-order valence-electron chi connectivity index (χ0n) is 10.2. The molecule has 0 unspecified atom stereocenters. The van der Waals surface area contributed by atoms with E-state index in [0.717, 1.165) is 0 Å². The minimum atomic E-state index is -0.522. The molecule has 1 aromatic rings. The number of hydrogen-bond donors (Lipinski definition) is 2. The molecule has 0 aliphatic carbocycles. The Morgan fingerprint density at radius 3 is 2.47 bits per heavy atom. The van der Waals surface area contributed by atoms with Gasteiger partial charge in [-0.3, -0.25) is 0 Å². The number of aliphatic hydroxyl groups is 1. The smallest absolute Gasteiger partial charge is 0.408 e. The molecule has 0 aromatic carbocycles. The van der Waals surface area contributed by atoms with Crippen LogP contribution in [0.1, 0.15) is 32.2 Å². The summed E-state index contributed by atoms with van der Waals surface area (Å²) in [6, 6.07) is 0. The normalized spacial score (nSPS) is 11.1. The van der Waals surface area contributed by atoms with E-state index < -0.39 is 11.7 Å². The summed E-state index contributed by atoms with van der Waals surface area (Å²) in [4.78, 5) is 19.3. The maximum absolute atomic E-state index is 11.3. The number of aliphatic hydroxyl groups excluding tert-OH is 1. The molecule has 1 aromatic heterocycles. The van der Waals surface area contributed by atoms with Crippen molar-refractivity contribution in [3.8, 4) is 0 Å². The summed E-state index contributed by atoms with van der Waals surface area (Å²) in [5.74, 6) is 0.466. The topological polar surface area (TPSA) is 84.3 Å². The molecule has 0 saturated carbocycles. The van der Waals surface area contributed by atoms with Gasteiger partial charge in [-0.15, -0.1) is 0 Å². The molecule has 1 heterocycles. The average molecular weight is 239 g/mol. The van der Waals surface area contributed by atoms with Crippen LogP contribution in [0.15, 0.2) is 12.4 Å². The predicted octanol–water partition coefficient (Wildman–Crippen LogP) is 0.994. The highest BCUT2D eigenvalue weighted by molar-refractivity contribution is 5.67. The maximum Gasteiger partial charge on any atom is 0.408 e. The fraction of sp³-hybridized carbons (Fsp3) is 0.545. The number of alkyl carbamates (subject to hydrolysis) is 1. The van der Waals surface area contributed by atoms with Gasteiger partial charge in [-0.25, -0.2) is 14.8 Å². The van der Waals surface area contributed by atoms with Gasteiger partial charge < -0.3 is 15.2 Å². The highest BCUT2D eigenvalue weighted by atomic mass is 16.6. The Balaban J connectivity index is 2.42. The molecule has 94 valence electrons. The van der Waals surface area contributed by atoms with Crippen molar-refractivity contribution < 1.29 is 14.6 Å². The van der Waals surface area contributed by atoms with Crippen LogP contribution < -0.4 is 5.32 Å². The second-order valence-electron chi connectivity index (χ2n) is 4.52. The minimum absolute atomic E-state index is 0.0974. The van der Waals surface area contributed by atoms with E-state index in [1.54, 1.807) is 20.8 Å². The van der Waals surface area contributed by atoms with Gasteiger partial charge in [-0.2, -0.15) is 0 Å². The summed E-state index contributed by atoms with van der Waals surface area (Å²) >= 11 is 0. The summed E-state index contributed by atoms with van der Waals surface area (Å²) in [5, 5.41) is 11.3. The molecule has 6 nitrogen and oxygen atoms in total. The third-order valence-electron chi connectivity index (χ3n) is 1.73. The van der Waals surface area contributed by atoms with Crippen molar-refractivity contribution in [2.45, 2.75) is 39.5 Å². The fourth-order valence-corrected chi connectivity index (χ4v) is 1.02. The van der Waals surface area contributed by atoms with Crippen molar-refractivity contribution in [3.05, 3.63) is 23.8 Å². The Morgan fingerprint density at radius 2 is 2.00 bits per heavy atom. The first kappa shape index (κ1) is 13.4. The molecule has 2 N–H and O–H groups in total. The summed E-state index contributed by atoms with van der Waals surface area (Å²) < 4.78 is 5.06. The van der Waals surface area contributed by atoms with Gasteiger partial charge in [0, 0.05) is 18.0 Å². The summed E-state index contributed by atoms with van der Waals surface area (Å²) in [6.07, 6.45) is 2.52. The standard InChI is InChI=1S/C11H17N3O3/c1-11(2,3)17-10(16)14-6-9-12-4-8(7-15)5-13-9/h4-5,15H,6-7H2,1-3H3,(H,14,16). The molecule has 0 aliphatic heterocycles. The first-order valence-corrected chi connectivity index (χ1v) is 5.28. The summed E-state index contributed by atoms with van der Waals surface area (Å²) in [7, 11) is 0. The molecule has 6 heteroatoms. The summed E-state index contributed by atoms with van der Waals surface area (Å²) in [5.41, 5.74) is 0.108. The van der Waals surface area contributed by atoms with Gasteiger partial charge in [0.2, 0.25) is 0 Å². The monoisotopic (exact) mass is 239 g/mol. The number of carbonyl (C=O) groups excluding carboxylic acids is 1. The van der Waals surface area contributed by atoms with E-state index in [-0.39, 0.29) is 13.2 Å². The molecule has 0 spiro atoms. The van der Waals surface area contributed by atoms with Crippen molar-refractivity contribution in [2.75, 3.05) is 0 Å². The quantitative estimate of drug-likeness (QED) is 0.821. The van der Waals surface area contributed by atoms with Crippen molar-refractivity contribution in [1.82, 2.24) is 15.3 Å². The first-order valence-electron chi connectivity index (χ1n) is 5.28. The molecule has 0 fully saturated rings. The SMILES string of the molecule is CC(C)(C)OC(=O)NCc1ncc(CO)cn1. The first-order chi connectivity index (χ1) is 7.90. The molecule has 0 saturated heterocycles. The van der Waals surface area contributed by atoms with Crippen LogP contribution in [-0.2, 0) is 17.9 Å². The number of rotatable bonds is 3. The van der Waals surface area contributed by atoms with E-state index in [1.807, 2.05) is 0 Å². The van der Waals surface area contributed by atoms with Crippen LogP contribution in [-0.4, -0.2) is 26.8 Å². The Morgan fingerprint density at radius 1 is 1.41 bits per heavy atom. The van der Waals surface area contributed by atoms with Crippen LogP contribution in [0.25, 0.3) is 0 Å². The van der Waals surface area contributed by atoms with Crippen LogP contribution in [0, 0.1) is 0 Å². The van der Waals surface area contributed by atoms with Gasteiger partial charge in [0.25, 0.3) is 0 Å². The van der Waals surface area contributed by atoms with Crippen molar-refractivity contribution in [3.63, 3.8) is 0 Å². The zero-order chi connectivity index (χ0) is 12.9. The van der Waals surface area contributed by atoms with Gasteiger partial charge in [-0.05, 0) is 20.8 Å². The molecule has 17 heavy (non-hydrogen) atoms. The van der Waals surface area contributed by atoms with Crippen LogP contribution in [0.4, 0.5) is 4.79 Å². The van der Waals surface area contributed by atoms with E-state index in [2.05, 4.69) is 15.3 Å². The van der Waals surface area contributed by atoms with Crippen LogP contribution in [0.3, 0.4) is 0 Å². The number of aromatic nitrogens is 2. The van der Waals surface area contributed by atoms with Crippen molar-refractivity contribution in [1.29, 1.82) is 0 Å². The largest absolute Gasteiger partial charge is 0.444 e. The number of nitrogens with zero attached hydrogens (tertiary/aromatic N) is 2. The third kappa shape index (κ3) is 5.26. The Labute approximate surface area is 100 Å². The van der Waals surface area contributed by atoms with Crippen molar-refractivity contribution >= 4 is 6.09 Å². The number of carbonyl (C=O) groups is 1. The van der Waals surface area contributed by atoms with Crippen LogP contribution >= 0.6 is 0 Å². The maximum atomic E-state index is 11.3. The Bertz CT molecular complexity index is 371. The number of nitrogens with one attached hydrogen (secondary N) is 1. The molecule has 0 radical (unpaired) electrons. The number of ether oxygens (including phenoxy) is 1. The van der Waals surface area contributed by atoms with E-state index in [9.17, 15) is 4.79 Å². The lowest BCUT2D eigenvalue weighted by Crippen LogP contribution is -2.32. The average Bonchev–Trinajstić information content (AvgIpc) is 2.25. The molecule has 1 amide bonds. The molecule has 0 bridgehead atoms.